The summed E-state index contributed by atoms with van der Waals surface area (Å²) < 4.78 is 0. The van der Waals surface area contributed by atoms with Crippen LogP contribution in [-0.4, -0.2) is 0 Å². The van der Waals surface area contributed by atoms with Gasteiger partial charge in [-0.2, -0.15) is 0 Å². The SMILES string of the molecule is C1=CC2CC1C1CC3C4C=CC(C4)C3C21. The van der Waals surface area contributed by atoms with E-state index < -0.39 is 0 Å². The van der Waals surface area contributed by atoms with Crippen molar-refractivity contribution >= 4 is 0 Å². The van der Waals surface area contributed by atoms with Crippen LogP contribution >= 0.6 is 0 Å². The summed E-state index contributed by atoms with van der Waals surface area (Å²) in [6.07, 6.45) is 14.8. The molecule has 8 unspecified atom stereocenters. The molecule has 0 spiro atoms. The van der Waals surface area contributed by atoms with Gasteiger partial charge in [0.2, 0.25) is 0 Å². The van der Waals surface area contributed by atoms with Crippen LogP contribution in [-0.2, 0) is 0 Å². The number of allylic oxidation sites excluding steroid dienone is 4. The van der Waals surface area contributed by atoms with E-state index in [4.69, 9.17) is 0 Å². The first kappa shape index (κ1) is 7.70. The van der Waals surface area contributed by atoms with E-state index in [1.165, 1.54) is 12.8 Å². The van der Waals surface area contributed by atoms with Crippen LogP contribution < -0.4 is 0 Å². The lowest BCUT2D eigenvalue weighted by Crippen LogP contribution is -2.24. The van der Waals surface area contributed by atoms with Crippen LogP contribution in [0.15, 0.2) is 24.3 Å². The maximum absolute atomic E-state index is 2.56. The summed E-state index contributed by atoms with van der Waals surface area (Å²) in [5.41, 5.74) is 0. The third-order valence-corrected chi connectivity index (χ3v) is 6.37. The molecule has 8 atom stereocenters. The minimum Gasteiger partial charge on any atom is -0.0848 e. The Morgan fingerprint density at radius 1 is 0.533 bits per heavy atom. The molecule has 0 N–H and O–H groups in total. The maximum Gasteiger partial charge on any atom is -0.0194 e. The summed E-state index contributed by atoms with van der Waals surface area (Å²) in [4.78, 5) is 0. The fourth-order valence-electron chi connectivity index (χ4n) is 6.05. The molecule has 0 aromatic rings. The number of hydrogen-bond acceptors (Lipinski definition) is 0. The molecular weight excluding hydrogens is 180 g/mol. The van der Waals surface area contributed by atoms with Crippen LogP contribution in [0.25, 0.3) is 0 Å². The van der Waals surface area contributed by atoms with Crippen molar-refractivity contribution in [2.75, 3.05) is 0 Å². The predicted octanol–water partition coefficient (Wildman–Crippen LogP) is 3.27. The monoisotopic (exact) mass is 198 g/mol. The Hall–Kier alpha value is -0.520. The largest absolute Gasteiger partial charge is 0.0848 e. The molecule has 4 bridgehead atoms. The van der Waals surface area contributed by atoms with Gasteiger partial charge < -0.3 is 0 Å². The summed E-state index contributed by atoms with van der Waals surface area (Å²) in [7, 11) is 0. The van der Waals surface area contributed by atoms with Gasteiger partial charge in [-0.25, -0.2) is 0 Å². The van der Waals surface area contributed by atoms with Gasteiger partial charge in [-0.05, 0) is 66.6 Å². The Balaban J connectivity index is 1.61. The van der Waals surface area contributed by atoms with E-state index in [0.717, 1.165) is 47.3 Å². The van der Waals surface area contributed by atoms with Crippen molar-refractivity contribution in [1.82, 2.24) is 0 Å². The van der Waals surface area contributed by atoms with E-state index in [-0.39, 0.29) is 0 Å². The molecular formula is C15H18. The van der Waals surface area contributed by atoms with Gasteiger partial charge >= 0.3 is 0 Å². The first-order valence-corrected chi connectivity index (χ1v) is 6.78. The molecule has 3 saturated carbocycles. The molecule has 0 saturated heterocycles. The van der Waals surface area contributed by atoms with Gasteiger partial charge in [0.25, 0.3) is 0 Å². The highest BCUT2D eigenvalue weighted by Gasteiger charge is 2.61. The Labute approximate surface area is 91.4 Å². The lowest BCUT2D eigenvalue weighted by molar-refractivity contribution is 0.238. The summed E-state index contributed by atoms with van der Waals surface area (Å²) in [6.45, 7) is 0. The molecule has 3 fully saturated rings. The second-order valence-electron chi connectivity index (χ2n) is 6.61. The van der Waals surface area contributed by atoms with Crippen LogP contribution in [0.4, 0.5) is 0 Å². The normalized spacial score (nSPS) is 66.7. The highest BCUT2D eigenvalue weighted by molar-refractivity contribution is 5.24. The maximum atomic E-state index is 2.56. The van der Waals surface area contributed by atoms with Gasteiger partial charge in [-0.3, -0.25) is 0 Å². The molecule has 0 heteroatoms. The molecule has 0 aromatic carbocycles. The highest BCUT2D eigenvalue weighted by atomic mass is 14.6. The molecule has 0 heterocycles. The second kappa shape index (κ2) is 2.26. The molecule has 78 valence electrons. The van der Waals surface area contributed by atoms with Crippen LogP contribution in [0.5, 0.6) is 0 Å². The molecule has 15 heavy (non-hydrogen) atoms. The Kier molecular flexibility index (Phi) is 1.16. The summed E-state index contributed by atoms with van der Waals surface area (Å²) in [5.74, 6) is 8.36. The van der Waals surface area contributed by atoms with Crippen molar-refractivity contribution in [2.45, 2.75) is 19.3 Å². The molecule has 0 amide bonds. The number of fused-ring (bicyclic) bond motifs is 11. The zero-order valence-corrected chi connectivity index (χ0v) is 9.05. The van der Waals surface area contributed by atoms with Crippen molar-refractivity contribution in [2.24, 2.45) is 47.3 Å². The van der Waals surface area contributed by atoms with E-state index >= 15 is 0 Å². The van der Waals surface area contributed by atoms with Crippen LogP contribution in [0.1, 0.15) is 19.3 Å². The van der Waals surface area contributed by atoms with Crippen molar-refractivity contribution < 1.29 is 0 Å². The average molecular weight is 198 g/mol. The van der Waals surface area contributed by atoms with Gasteiger partial charge in [0.1, 0.15) is 0 Å². The lowest BCUT2D eigenvalue weighted by Gasteiger charge is -2.29. The molecule has 0 aromatic heterocycles. The van der Waals surface area contributed by atoms with E-state index in [2.05, 4.69) is 24.3 Å². The fraction of sp³-hybridized carbons (Fsp3) is 0.733. The van der Waals surface area contributed by atoms with Gasteiger partial charge in [0.15, 0.2) is 0 Å². The number of rotatable bonds is 0. The molecule has 0 aliphatic heterocycles. The Morgan fingerprint density at radius 2 is 1.00 bits per heavy atom. The summed E-state index contributed by atoms with van der Waals surface area (Å²) in [5, 5.41) is 0. The van der Waals surface area contributed by atoms with Gasteiger partial charge in [0, 0.05) is 0 Å². The van der Waals surface area contributed by atoms with Crippen molar-refractivity contribution in [3.8, 4) is 0 Å². The molecule has 0 radical (unpaired) electrons. The smallest absolute Gasteiger partial charge is 0.0194 e. The quantitative estimate of drug-likeness (QED) is 0.524. The zero-order valence-electron chi connectivity index (χ0n) is 9.05. The van der Waals surface area contributed by atoms with Gasteiger partial charge in [0.05, 0.1) is 0 Å². The first-order valence-electron chi connectivity index (χ1n) is 6.78. The average Bonchev–Trinajstić information content (AvgIpc) is 3.02. The topological polar surface area (TPSA) is 0 Å². The summed E-state index contributed by atoms with van der Waals surface area (Å²) >= 11 is 0. The van der Waals surface area contributed by atoms with E-state index in [9.17, 15) is 0 Å². The van der Waals surface area contributed by atoms with Crippen LogP contribution in [0, 0.1) is 47.3 Å². The van der Waals surface area contributed by atoms with Gasteiger partial charge in [-0.15, -0.1) is 0 Å². The lowest BCUT2D eigenvalue weighted by atomic mass is 9.75. The molecule has 5 aliphatic carbocycles. The predicted molar refractivity (Wildman–Crippen MR) is 60.1 cm³/mol. The molecule has 5 rings (SSSR count). The van der Waals surface area contributed by atoms with E-state index in [1.807, 2.05) is 0 Å². The van der Waals surface area contributed by atoms with Crippen molar-refractivity contribution in [3.05, 3.63) is 24.3 Å². The van der Waals surface area contributed by atoms with Crippen molar-refractivity contribution in [1.29, 1.82) is 0 Å². The van der Waals surface area contributed by atoms with E-state index in [0.29, 0.717) is 0 Å². The Bertz CT molecular complexity index is 341. The standard InChI is InChI=1S/C15H18/c1-3-10-5-8(1)12-7-13-9-2-4-11(6-9)15(13)14(10)12/h1-4,8-15H,5-7H2. The van der Waals surface area contributed by atoms with Gasteiger partial charge in [-0.1, -0.05) is 24.3 Å². The minimum atomic E-state index is 0.989. The van der Waals surface area contributed by atoms with Crippen molar-refractivity contribution in [3.63, 3.8) is 0 Å². The van der Waals surface area contributed by atoms with E-state index in [1.54, 1.807) is 6.42 Å². The third kappa shape index (κ3) is 0.726. The zero-order chi connectivity index (χ0) is 9.57. The Morgan fingerprint density at radius 3 is 1.53 bits per heavy atom. The third-order valence-electron chi connectivity index (χ3n) is 6.37. The summed E-state index contributed by atoms with van der Waals surface area (Å²) in [6, 6.07) is 0. The highest BCUT2D eigenvalue weighted by Crippen LogP contribution is 2.67. The molecule has 0 nitrogen and oxygen atoms in total. The number of hydrogen-bond donors (Lipinski definition) is 0. The van der Waals surface area contributed by atoms with Crippen LogP contribution in [0.3, 0.4) is 0 Å². The molecule has 5 aliphatic rings. The minimum absolute atomic E-state index is 0.989. The fourth-order valence-corrected chi connectivity index (χ4v) is 6.05. The first-order chi connectivity index (χ1) is 7.42. The second-order valence-corrected chi connectivity index (χ2v) is 6.61. The van der Waals surface area contributed by atoms with Crippen LogP contribution in [0.2, 0.25) is 0 Å².